The van der Waals surface area contributed by atoms with Gasteiger partial charge in [0.25, 0.3) is 0 Å². The van der Waals surface area contributed by atoms with Crippen LogP contribution in [-0.4, -0.2) is 39.8 Å². The zero-order valence-corrected chi connectivity index (χ0v) is 9.80. The van der Waals surface area contributed by atoms with E-state index in [2.05, 4.69) is 15.0 Å². The van der Waals surface area contributed by atoms with Gasteiger partial charge in [0.2, 0.25) is 0 Å². The second-order valence-electron chi connectivity index (χ2n) is 3.77. The third-order valence-electron chi connectivity index (χ3n) is 2.23. The highest BCUT2D eigenvalue weighted by Crippen LogP contribution is 2.18. The average Bonchev–Trinajstić information content (AvgIpc) is 2.68. The lowest BCUT2D eigenvalue weighted by Gasteiger charge is -2.09. The number of carbonyl (C=O) groups excluding carboxylic acids is 1. The standard InChI is InChI=1S/C10H17N3O3/c1-7(2)9-8(10(15)16-3)11-12-13(9)5-4-6-14/h7,14H,4-6H2,1-3H3. The lowest BCUT2D eigenvalue weighted by molar-refractivity contribution is 0.0592. The van der Waals surface area contributed by atoms with Crippen LogP contribution in [0.15, 0.2) is 0 Å². The summed E-state index contributed by atoms with van der Waals surface area (Å²) in [4.78, 5) is 11.4. The highest BCUT2D eigenvalue weighted by molar-refractivity contribution is 5.88. The molecule has 0 atom stereocenters. The molecule has 1 aromatic heterocycles. The molecule has 1 heterocycles. The van der Waals surface area contributed by atoms with Gasteiger partial charge in [-0.25, -0.2) is 9.48 Å². The topological polar surface area (TPSA) is 77.2 Å². The maximum Gasteiger partial charge on any atom is 0.360 e. The molecule has 1 rings (SSSR count). The summed E-state index contributed by atoms with van der Waals surface area (Å²) >= 11 is 0. The van der Waals surface area contributed by atoms with Crippen LogP contribution in [0.5, 0.6) is 0 Å². The Kier molecular flexibility index (Phi) is 4.42. The van der Waals surface area contributed by atoms with Crippen molar-refractivity contribution >= 4 is 5.97 Å². The number of hydrogen-bond acceptors (Lipinski definition) is 5. The molecule has 6 heteroatoms. The van der Waals surface area contributed by atoms with Gasteiger partial charge in [-0.2, -0.15) is 0 Å². The molecule has 90 valence electrons. The predicted molar refractivity (Wildman–Crippen MR) is 57.2 cm³/mol. The van der Waals surface area contributed by atoms with Gasteiger partial charge in [0, 0.05) is 13.2 Å². The Labute approximate surface area is 94.2 Å². The van der Waals surface area contributed by atoms with E-state index in [1.54, 1.807) is 4.68 Å². The molecule has 0 aromatic carbocycles. The van der Waals surface area contributed by atoms with Gasteiger partial charge in [0.05, 0.1) is 12.8 Å². The number of rotatable bonds is 5. The molecule has 0 aliphatic rings. The minimum Gasteiger partial charge on any atom is -0.464 e. The molecule has 1 aromatic rings. The predicted octanol–water partition coefficient (Wildman–Crippen LogP) is 0.570. The van der Waals surface area contributed by atoms with E-state index in [1.807, 2.05) is 13.8 Å². The largest absolute Gasteiger partial charge is 0.464 e. The Bertz CT molecular complexity index is 360. The Balaban J connectivity index is 3.02. The summed E-state index contributed by atoms with van der Waals surface area (Å²) < 4.78 is 6.29. The zero-order valence-electron chi connectivity index (χ0n) is 9.80. The first-order valence-electron chi connectivity index (χ1n) is 5.24. The van der Waals surface area contributed by atoms with Crippen molar-refractivity contribution in [2.24, 2.45) is 0 Å². The monoisotopic (exact) mass is 227 g/mol. The van der Waals surface area contributed by atoms with E-state index in [4.69, 9.17) is 5.11 Å². The fourth-order valence-electron chi connectivity index (χ4n) is 1.52. The molecule has 0 spiro atoms. The van der Waals surface area contributed by atoms with Crippen molar-refractivity contribution in [1.82, 2.24) is 15.0 Å². The fraction of sp³-hybridized carbons (Fsp3) is 0.700. The van der Waals surface area contributed by atoms with E-state index in [9.17, 15) is 4.79 Å². The first kappa shape index (κ1) is 12.6. The highest BCUT2D eigenvalue weighted by atomic mass is 16.5. The van der Waals surface area contributed by atoms with Gasteiger partial charge in [0.1, 0.15) is 0 Å². The van der Waals surface area contributed by atoms with Gasteiger partial charge in [-0.15, -0.1) is 5.10 Å². The third-order valence-corrected chi connectivity index (χ3v) is 2.23. The van der Waals surface area contributed by atoms with Crippen molar-refractivity contribution < 1.29 is 14.6 Å². The van der Waals surface area contributed by atoms with Gasteiger partial charge in [0.15, 0.2) is 5.69 Å². The van der Waals surface area contributed by atoms with Crippen LogP contribution in [0, 0.1) is 0 Å². The maximum absolute atomic E-state index is 11.4. The number of aliphatic hydroxyl groups is 1. The maximum atomic E-state index is 11.4. The van der Waals surface area contributed by atoms with Gasteiger partial charge in [-0.1, -0.05) is 19.1 Å². The van der Waals surface area contributed by atoms with E-state index in [0.29, 0.717) is 13.0 Å². The summed E-state index contributed by atoms with van der Waals surface area (Å²) in [6.45, 7) is 4.56. The average molecular weight is 227 g/mol. The first-order chi connectivity index (χ1) is 7.61. The number of carbonyl (C=O) groups is 1. The van der Waals surface area contributed by atoms with Gasteiger partial charge < -0.3 is 9.84 Å². The van der Waals surface area contributed by atoms with Gasteiger partial charge in [-0.3, -0.25) is 0 Å². The van der Waals surface area contributed by atoms with E-state index in [-0.39, 0.29) is 18.2 Å². The van der Waals surface area contributed by atoms with Crippen molar-refractivity contribution in [3.05, 3.63) is 11.4 Å². The number of ether oxygens (including phenoxy) is 1. The molecular formula is C10H17N3O3. The summed E-state index contributed by atoms with van der Waals surface area (Å²) in [5, 5.41) is 16.5. The summed E-state index contributed by atoms with van der Waals surface area (Å²) in [5.41, 5.74) is 1.01. The smallest absolute Gasteiger partial charge is 0.360 e. The van der Waals surface area contributed by atoms with Gasteiger partial charge in [-0.05, 0) is 12.3 Å². The first-order valence-corrected chi connectivity index (χ1v) is 5.24. The summed E-state index contributed by atoms with van der Waals surface area (Å²) in [5.74, 6) is -0.346. The van der Waals surface area contributed by atoms with Crippen LogP contribution in [-0.2, 0) is 11.3 Å². The van der Waals surface area contributed by atoms with Crippen molar-refractivity contribution in [3.63, 3.8) is 0 Å². The molecular weight excluding hydrogens is 210 g/mol. The van der Waals surface area contributed by atoms with Crippen LogP contribution in [0.3, 0.4) is 0 Å². The zero-order chi connectivity index (χ0) is 12.1. The van der Waals surface area contributed by atoms with E-state index in [1.165, 1.54) is 7.11 Å². The molecule has 6 nitrogen and oxygen atoms in total. The molecule has 0 amide bonds. The number of methoxy groups -OCH3 is 1. The van der Waals surface area contributed by atoms with Crippen molar-refractivity contribution in [3.8, 4) is 0 Å². The van der Waals surface area contributed by atoms with E-state index in [0.717, 1.165) is 5.69 Å². The second kappa shape index (κ2) is 5.60. The molecule has 1 N–H and O–H groups in total. The molecule has 0 unspecified atom stereocenters. The van der Waals surface area contributed by atoms with Crippen molar-refractivity contribution in [1.29, 1.82) is 0 Å². The normalized spacial score (nSPS) is 10.8. The number of aryl methyl sites for hydroxylation is 1. The number of esters is 1. The summed E-state index contributed by atoms with van der Waals surface area (Å²) in [7, 11) is 1.32. The Hall–Kier alpha value is -1.43. The second-order valence-corrected chi connectivity index (χ2v) is 3.77. The number of nitrogens with zero attached hydrogens (tertiary/aromatic N) is 3. The summed E-state index contributed by atoms with van der Waals surface area (Å²) in [6.07, 6.45) is 0.587. The van der Waals surface area contributed by atoms with Crippen LogP contribution in [0.2, 0.25) is 0 Å². The van der Waals surface area contributed by atoms with Crippen LogP contribution >= 0.6 is 0 Å². The number of aliphatic hydroxyl groups excluding tert-OH is 1. The van der Waals surface area contributed by atoms with Crippen LogP contribution in [0.4, 0.5) is 0 Å². The summed E-state index contributed by atoms with van der Waals surface area (Å²) in [6, 6.07) is 0. The molecule has 16 heavy (non-hydrogen) atoms. The minimum atomic E-state index is -0.473. The molecule has 0 aliphatic carbocycles. The molecule has 0 radical (unpaired) electrons. The molecule has 0 aliphatic heterocycles. The fourth-order valence-corrected chi connectivity index (χ4v) is 1.52. The lowest BCUT2D eigenvalue weighted by Crippen LogP contribution is -2.12. The lowest BCUT2D eigenvalue weighted by atomic mass is 10.1. The SMILES string of the molecule is COC(=O)c1nnn(CCCO)c1C(C)C. The van der Waals surface area contributed by atoms with E-state index < -0.39 is 5.97 Å². The highest BCUT2D eigenvalue weighted by Gasteiger charge is 2.22. The Morgan fingerprint density at radius 1 is 1.56 bits per heavy atom. The number of hydrogen-bond donors (Lipinski definition) is 1. The molecule has 0 fully saturated rings. The van der Waals surface area contributed by atoms with Crippen LogP contribution in [0.1, 0.15) is 42.4 Å². The van der Waals surface area contributed by atoms with Crippen LogP contribution in [0.25, 0.3) is 0 Å². The minimum absolute atomic E-state index is 0.0882. The van der Waals surface area contributed by atoms with E-state index >= 15 is 0 Å². The Morgan fingerprint density at radius 3 is 2.75 bits per heavy atom. The Morgan fingerprint density at radius 2 is 2.25 bits per heavy atom. The van der Waals surface area contributed by atoms with Gasteiger partial charge >= 0.3 is 5.97 Å². The number of aromatic nitrogens is 3. The quantitative estimate of drug-likeness (QED) is 0.744. The molecule has 0 saturated carbocycles. The molecule has 0 saturated heterocycles. The molecule has 0 bridgehead atoms. The van der Waals surface area contributed by atoms with Crippen molar-refractivity contribution in [2.75, 3.05) is 13.7 Å². The third kappa shape index (κ3) is 2.57. The van der Waals surface area contributed by atoms with Crippen molar-refractivity contribution in [2.45, 2.75) is 32.7 Å². The van der Waals surface area contributed by atoms with Crippen LogP contribution < -0.4 is 0 Å².